The third-order valence-corrected chi connectivity index (χ3v) is 3.57. The zero-order chi connectivity index (χ0) is 15.7. The van der Waals surface area contributed by atoms with Gasteiger partial charge in [0.2, 0.25) is 5.91 Å². The maximum Gasteiger partial charge on any atom is 0.223 e. The smallest absolute Gasteiger partial charge is 0.223 e. The average molecular weight is 308 g/mol. The van der Waals surface area contributed by atoms with Crippen molar-refractivity contribution in [3.8, 4) is 0 Å². The molecule has 0 atom stereocenters. The highest BCUT2D eigenvalue weighted by Crippen LogP contribution is 2.04. The largest absolute Gasteiger partial charge is 0.393 e. The minimum Gasteiger partial charge on any atom is -0.393 e. The van der Waals surface area contributed by atoms with E-state index in [1.807, 2.05) is 12.1 Å². The summed E-state index contributed by atoms with van der Waals surface area (Å²) in [7, 11) is 1.79. The van der Waals surface area contributed by atoms with Gasteiger partial charge in [0.15, 0.2) is 0 Å². The summed E-state index contributed by atoms with van der Waals surface area (Å²) in [4.78, 5) is 20.4. The molecule has 0 aliphatic heterocycles. The van der Waals surface area contributed by atoms with Crippen LogP contribution < -0.4 is 5.73 Å². The number of aromatic nitrogens is 1. The Morgan fingerprint density at radius 1 is 1.29 bits per heavy atom. The van der Waals surface area contributed by atoms with Gasteiger partial charge in [0.05, 0.1) is 4.99 Å². The van der Waals surface area contributed by atoms with E-state index in [9.17, 15) is 4.79 Å². The summed E-state index contributed by atoms with van der Waals surface area (Å²) in [6, 6.07) is 4.00. The third-order valence-electron chi connectivity index (χ3n) is 3.36. The van der Waals surface area contributed by atoms with Gasteiger partial charge in [-0.25, -0.2) is 0 Å². The molecule has 0 aliphatic rings. The van der Waals surface area contributed by atoms with Crippen molar-refractivity contribution in [3.63, 3.8) is 0 Å². The number of pyridine rings is 1. The number of rotatable bonds is 9. The second kappa shape index (κ2) is 9.41. The van der Waals surface area contributed by atoms with Crippen molar-refractivity contribution < 1.29 is 4.79 Å². The molecule has 0 spiro atoms. The predicted molar refractivity (Wildman–Crippen MR) is 88.8 cm³/mol. The molecular weight excluding hydrogens is 284 g/mol. The first-order valence-corrected chi connectivity index (χ1v) is 7.57. The summed E-state index contributed by atoms with van der Waals surface area (Å²) in [6.07, 6.45) is 4.66. The summed E-state index contributed by atoms with van der Waals surface area (Å²) >= 11 is 4.82. The molecule has 1 rings (SSSR count). The molecule has 0 saturated carbocycles. The van der Waals surface area contributed by atoms with Crippen LogP contribution in [0, 0.1) is 0 Å². The zero-order valence-corrected chi connectivity index (χ0v) is 13.6. The summed E-state index contributed by atoms with van der Waals surface area (Å²) in [5.74, 6) is 0.124. The van der Waals surface area contributed by atoms with Crippen molar-refractivity contribution >= 4 is 23.1 Å². The van der Waals surface area contributed by atoms with Gasteiger partial charge in [0.1, 0.15) is 0 Å². The molecular formula is C15H24N4OS. The van der Waals surface area contributed by atoms with E-state index in [1.165, 1.54) is 5.56 Å². The molecule has 0 aliphatic carbocycles. The highest BCUT2D eigenvalue weighted by molar-refractivity contribution is 7.80. The van der Waals surface area contributed by atoms with E-state index in [0.29, 0.717) is 24.4 Å². The number of thiocarbonyl (C=S) groups is 1. The summed E-state index contributed by atoms with van der Waals surface area (Å²) in [5, 5.41) is 0. The molecule has 116 valence electrons. The van der Waals surface area contributed by atoms with Crippen molar-refractivity contribution in [1.29, 1.82) is 0 Å². The molecule has 6 heteroatoms. The number of nitrogens with two attached hydrogens (primary N) is 1. The van der Waals surface area contributed by atoms with Crippen molar-refractivity contribution in [2.75, 3.05) is 26.7 Å². The molecule has 2 N–H and O–H groups in total. The van der Waals surface area contributed by atoms with Crippen LogP contribution in [0.3, 0.4) is 0 Å². The van der Waals surface area contributed by atoms with Gasteiger partial charge in [-0.2, -0.15) is 0 Å². The molecule has 0 bridgehead atoms. The first-order chi connectivity index (χ1) is 10.0. The van der Waals surface area contributed by atoms with Gasteiger partial charge in [-0.05, 0) is 24.2 Å². The number of hydrogen-bond donors (Lipinski definition) is 1. The number of hydrogen-bond acceptors (Lipinski definition) is 4. The molecule has 21 heavy (non-hydrogen) atoms. The maximum absolute atomic E-state index is 12.0. The van der Waals surface area contributed by atoms with Crippen molar-refractivity contribution in [3.05, 3.63) is 30.1 Å². The van der Waals surface area contributed by atoms with Crippen LogP contribution in [0.5, 0.6) is 0 Å². The standard InChI is InChI=1S/C15H24N4OS/c1-3-19(12-13-4-8-17-9-5-13)11-7-15(20)18(2)10-6-14(16)21/h4-5,8-9H,3,6-7,10-12H2,1-2H3,(H2,16,21). The summed E-state index contributed by atoms with van der Waals surface area (Å²) in [6.45, 7) is 5.18. The molecule has 0 aromatic carbocycles. The van der Waals surface area contributed by atoms with Crippen LogP contribution in [-0.2, 0) is 11.3 Å². The second-order valence-electron chi connectivity index (χ2n) is 5.01. The molecule has 1 aromatic rings. The van der Waals surface area contributed by atoms with Crippen LogP contribution in [0.25, 0.3) is 0 Å². The van der Waals surface area contributed by atoms with E-state index >= 15 is 0 Å². The Bertz CT molecular complexity index is 452. The number of carbonyl (C=O) groups excluding carboxylic acids is 1. The highest BCUT2D eigenvalue weighted by Gasteiger charge is 2.11. The van der Waals surface area contributed by atoms with Crippen LogP contribution in [-0.4, -0.2) is 52.4 Å². The van der Waals surface area contributed by atoms with Gasteiger partial charge in [0.25, 0.3) is 0 Å². The van der Waals surface area contributed by atoms with Crippen LogP contribution in [0.2, 0.25) is 0 Å². The Kier molecular flexibility index (Phi) is 7.85. The number of nitrogens with zero attached hydrogens (tertiary/aromatic N) is 3. The fraction of sp³-hybridized carbons (Fsp3) is 0.533. The highest BCUT2D eigenvalue weighted by atomic mass is 32.1. The average Bonchev–Trinajstić information content (AvgIpc) is 2.49. The van der Waals surface area contributed by atoms with Crippen LogP contribution >= 0.6 is 12.2 Å². The van der Waals surface area contributed by atoms with E-state index in [0.717, 1.165) is 19.6 Å². The van der Waals surface area contributed by atoms with Gasteiger partial charge >= 0.3 is 0 Å². The van der Waals surface area contributed by atoms with Crippen molar-refractivity contribution in [2.45, 2.75) is 26.3 Å². The summed E-state index contributed by atoms with van der Waals surface area (Å²) in [5.41, 5.74) is 6.66. The van der Waals surface area contributed by atoms with E-state index in [-0.39, 0.29) is 5.91 Å². The van der Waals surface area contributed by atoms with E-state index in [4.69, 9.17) is 18.0 Å². The lowest BCUT2D eigenvalue weighted by Crippen LogP contribution is -2.33. The lowest BCUT2D eigenvalue weighted by Gasteiger charge is -2.22. The fourth-order valence-electron chi connectivity index (χ4n) is 1.94. The lowest BCUT2D eigenvalue weighted by atomic mass is 10.2. The number of carbonyl (C=O) groups is 1. The third kappa shape index (κ3) is 7.15. The van der Waals surface area contributed by atoms with Crippen LogP contribution in [0.4, 0.5) is 0 Å². The normalized spacial score (nSPS) is 10.6. The Morgan fingerprint density at radius 3 is 2.52 bits per heavy atom. The molecule has 0 unspecified atom stereocenters. The quantitative estimate of drug-likeness (QED) is 0.699. The Morgan fingerprint density at radius 2 is 1.95 bits per heavy atom. The topological polar surface area (TPSA) is 62.5 Å². The van der Waals surface area contributed by atoms with Gasteiger partial charge < -0.3 is 10.6 Å². The van der Waals surface area contributed by atoms with Crippen molar-refractivity contribution in [1.82, 2.24) is 14.8 Å². The number of amides is 1. The SMILES string of the molecule is CCN(CCC(=O)N(C)CCC(N)=S)Cc1ccncc1. The Balaban J connectivity index is 2.37. The molecule has 0 saturated heterocycles. The lowest BCUT2D eigenvalue weighted by molar-refractivity contribution is -0.130. The molecule has 1 amide bonds. The van der Waals surface area contributed by atoms with E-state index in [2.05, 4.69) is 16.8 Å². The van der Waals surface area contributed by atoms with Gasteiger partial charge in [0, 0.05) is 51.9 Å². The fourth-order valence-corrected chi connectivity index (χ4v) is 2.03. The minimum absolute atomic E-state index is 0.124. The molecule has 1 heterocycles. The zero-order valence-electron chi connectivity index (χ0n) is 12.8. The van der Waals surface area contributed by atoms with Gasteiger partial charge in [-0.15, -0.1) is 0 Å². The maximum atomic E-state index is 12.0. The molecule has 1 aromatic heterocycles. The first kappa shape index (κ1) is 17.5. The minimum atomic E-state index is 0.124. The molecule has 0 fully saturated rings. The predicted octanol–water partition coefficient (Wildman–Crippen LogP) is 1.43. The van der Waals surface area contributed by atoms with Gasteiger partial charge in [-0.3, -0.25) is 14.7 Å². The summed E-state index contributed by atoms with van der Waals surface area (Å²) < 4.78 is 0. The monoisotopic (exact) mass is 308 g/mol. The Labute approximate surface area is 132 Å². The van der Waals surface area contributed by atoms with E-state index < -0.39 is 0 Å². The van der Waals surface area contributed by atoms with Crippen molar-refractivity contribution in [2.24, 2.45) is 5.73 Å². The van der Waals surface area contributed by atoms with Crippen LogP contribution in [0.1, 0.15) is 25.3 Å². The first-order valence-electron chi connectivity index (χ1n) is 7.16. The van der Waals surface area contributed by atoms with Crippen LogP contribution in [0.15, 0.2) is 24.5 Å². The second-order valence-corrected chi connectivity index (χ2v) is 5.53. The Hall–Kier alpha value is -1.53. The van der Waals surface area contributed by atoms with E-state index in [1.54, 1.807) is 24.3 Å². The molecule has 0 radical (unpaired) electrons. The molecule has 5 nitrogen and oxygen atoms in total. The van der Waals surface area contributed by atoms with Gasteiger partial charge in [-0.1, -0.05) is 19.1 Å².